The molecule has 3 atom stereocenters. The van der Waals surface area contributed by atoms with E-state index in [0.717, 1.165) is 6.42 Å². The van der Waals surface area contributed by atoms with Crippen LogP contribution in [-0.2, 0) is 14.4 Å². The zero-order chi connectivity index (χ0) is 20.4. The van der Waals surface area contributed by atoms with Gasteiger partial charge in [0.15, 0.2) is 0 Å². The van der Waals surface area contributed by atoms with Gasteiger partial charge in [0, 0.05) is 19.6 Å². The standard InChI is InChI=1S/C17H30N2O7.Na/c1-5-6-7-14(20)10-18(11(2)15(21)22)8-9-19(12(3)16(23)24)13(4)17(25)26;/h7,11-13,20H,5-6,8-10H2,1-4H3,(H,21,22)(H,23,24)(H,25,26);/q;+1/p-1/b14-7-;. The Labute approximate surface area is 181 Å². The summed E-state index contributed by atoms with van der Waals surface area (Å²) >= 11 is 0. The molecule has 27 heavy (non-hydrogen) atoms. The van der Waals surface area contributed by atoms with Gasteiger partial charge < -0.3 is 20.4 Å². The second-order valence-electron chi connectivity index (χ2n) is 6.21. The fourth-order valence-corrected chi connectivity index (χ4v) is 2.39. The minimum atomic E-state index is -1.18. The molecule has 0 aliphatic heterocycles. The molecule has 0 saturated carbocycles. The van der Waals surface area contributed by atoms with E-state index in [9.17, 15) is 34.8 Å². The number of hydrogen-bond donors (Lipinski definition) is 3. The van der Waals surface area contributed by atoms with E-state index in [1.807, 2.05) is 6.92 Å². The zero-order valence-electron chi connectivity index (χ0n) is 16.7. The van der Waals surface area contributed by atoms with E-state index in [1.54, 1.807) is 0 Å². The first kappa shape index (κ1) is 28.1. The van der Waals surface area contributed by atoms with E-state index in [4.69, 9.17) is 0 Å². The van der Waals surface area contributed by atoms with Crippen molar-refractivity contribution in [2.45, 2.75) is 58.7 Å². The van der Waals surface area contributed by atoms with Gasteiger partial charge in [0.1, 0.15) is 18.1 Å². The number of carboxylic acids is 3. The van der Waals surface area contributed by atoms with Gasteiger partial charge in [-0.15, -0.1) is 5.76 Å². The molecule has 0 aromatic heterocycles. The third kappa shape index (κ3) is 10.1. The first-order valence-electron chi connectivity index (χ1n) is 8.57. The number of unbranched alkanes of at least 4 members (excludes halogenated alkanes) is 1. The molecule has 0 aromatic carbocycles. The molecule has 3 unspecified atom stereocenters. The zero-order valence-corrected chi connectivity index (χ0v) is 18.7. The minimum absolute atomic E-state index is 0. The summed E-state index contributed by atoms with van der Waals surface area (Å²) < 4.78 is 0. The summed E-state index contributed by atoms with van der Waals surface area (Å²) in [6.07, 6.45) is 2.88. The molecule has 0 fully saturated rings. The van der Waals surface area contributed by atoms with E-state index in [0.29, 0.717) is 6.42 Å². The molecule has 0 aromatic rings. The van der Waals surface area contributed by atoms with Gasteiger partial charge in [0.05, 0.1) is 0 Å². The molecule has 150 valence electrons. The third-order valence-corrected chi connectivity index (χ3v) is 4.28. The van der Waals surface area contributed by atoms with Gasteiger partial charge in [-0.25, -0.2) is 0 Å². The quantitative estimate of drug-likeness (QED) is 0.220. The molecular weight excluding hydrogens is 367 g/mol. The number of aliphatic carboxylic acids is 3. The Hall–Kier alpha value is -1.13. The normalized spacial score (nSPS) is 15.1. The second kappa shape index (κ2) is 14.0. The van der Waals surface area contributed by atoms with Crippen molar-refractivity contribution in [3.05, 3.63) is 11.8 Å². The molecule has 0 rings (SSSR count). The molecule has 0 radical (unpaired) electrons. The number of rotatable bonds is 13. The first-order chi connectivity index (χ1) is 12.0. The maximum Gasteiger partial charge on any atom is 1.00 e. The fourth-order valence-electron chi connectivity index (χ4n) is 2.39. The van der Waals surface area contributed by atoms with Crippen LogP contribution in [-0.4, -0.2) is 80.8 Å². The van der Waals surface area contributed by atoms with Gasteiger partial charge in [-0.2, -0.15) is 0 Å². The van der Waals surface area contributed by atoms with Crippen molar-refractivity contribution >= 4 is 17.9 Å². The van der Waals surface area contributed by atoms with Gasteiger partial charge in [-0.05, 0) is 27.2 Å². The van der Waals surface area contributed by atoms with Crippen molar-refractivity contribution in [3.63, 3.8) is 0 Å². The summed E-state index contributed by atoms with van der Waals surface area (Å²) in [6.45, 7) is 6.01. The Morgan fingerprint density at radius 2 is 1.37 bits per heavy atom. The molecule has 3 N–H and O–H groups in total. The van der Waals surface area contributed by atoms with E-state index in [-0.39, 0.29) is 55.0 Å². The Kier molecular flexibility index (Phi) is 14.5. The van der Waals surface area contributed by atoms with Crippen LogP contribution in [0.5, 0.6) is 0 Å². The van der Waals surface area contributed by atoms with Gasteiger partial charge in [0.2, 0.25) is 0 Å². The Morgan fingerprint density at radius 1 is 0.926 bits per heavy atom. The van der Waals surface area contributed by atoms with Crippen LogP contribution in [0, 0.1) is 0 Å². The summed E-state index contributed by atoms with van der Waals surface area (Å²) in [5, 5.41) is 39.6. The summed E-state index contributed by atoms with van der Waals surface area (Å²) in [6, 6.07) is -3.09. The molecule has 9 nitrogen and oxygen atoms in total. The van der Waals surface area contributed by atoms with E-state index in [1.165, 1.54) is 36.6 Å². The van der Waals surface area contributed by atoms with Crippen molar-refractivity contribution < 1.29 is 64.4 Å². The molecule has 0 bridgehead atoms. The number of hydrogen-bond acceptors (Lipinski definition) is 6. The van der Waals surface area contributed by atoms with Crippen molar-refractivity contribution in [2.24, 2.45) is 0 Å². The van der Waals surface area contributed by atoms with Crippen molar-refractivity contribution in [3.8, 4) is 0 Å². The van der Waals surface area contributed by atoms with Gasteiger partial charge in [-0.3, -0.25) is 24.2 Å². The Balaban J connectivity index is 0. The van der Waals surface area contributed by atoms with E-state index < -0.39 is 36.0 Å². The molecule has 0 aliphatic carbocycles. The van der Waals surface area contributed by atoms with E-state index >= 15 is 0 Å². The number of carbonyl (C=O) groups is 3. The van der Waals surface area contributed by atoms with Crippen molar-refractivity contribution in [1.29, 1.82) is 0 Å². The Morgan fingerprint density at radius 3 is 1.74 bits per heavy atom. The fraction of sp³-hybridized carbons (Fsp3) is 0.706. The number of nitrogens with zero attached hydrogens (tertiary/aromatic N) is 2. The predicted octanol–water partition coefficient (Wildman–Crippen LogP) is -2.94. The topological polar surface area (TPSA) is 141 Å². The van der Waals surface area contributed by atoms with Crippen LogP contribution in [0.2, 0.25) is 0 Å². The summed E-state index contributed by atoms with van der Waals surface area (Å²) in [7, 11) is 0. The summed E-state index contributed by atoms with van der Waals surface area (Å²) in [5.74, 6) is -3.69. The van der Waals surface area contributed by atoms with Crippen LogP contribution in [0.4, 0.5) is 0 Å². The predicted molar refractivity (Wildman–Crippen MR) is 92.6 cm³/mol. The average molecular weight is 396 g/mol. The van der Waals surface area contributed by atoms with Crippen molar-refractivity contribution in [1.82, 2.24) is 9.80 Å². The maximum atomic E-state index is 12.0. The van der Waals surface area contributed by atoms with Gasteiger partial charge in [0.25, 0.3) is 0 Å². The number of carboxylic acid groups (broad SMARTS) is 3. The van der Waals surface area contributed by atoms with Crippen LogP contribution >= 0.6 is 0 Å². The molecule has 0 amide bonds. The second-order valence-corrected chi connectivity index (χ2v) is 6.21. The third-order valence-electron chi connectivity index (χ3n) is 4.28. The number of allylic oxidation sites excluding steroid dienone is 1. The van der Waals surface area contributed by atoms with Crippen LogP contribution in [0.3, 0.4) is 0 Å². The Bertz CT molecular complexity index is 507. The minimum Gasteiger partial charge on any atom is -0.875 e. The van der Waals surface area contributed by atoms with Gasteiger partial charge in [-0.1, -0.05) is 19.4 Å². The maximum absolute atomic E-state index is 12.0. The van der Waals surface area contributed by atoms with Crippen LogP contribution in [0.1, 0.15) is 40.5 Å². The van der Waals surface area contributed by atoms with Crippen LogP contribution in [0.25, 0.3) is 0 Å². The molecule has 0 saturated heterocycles. The largest absolute Gasteiger partial charge is 1.00 e. The van der Waals surface area contributed by atoms with Gasteiger partial charge >= 0.3 is 47.5 Å². The first-order valence-corrected chi connectivity index (χ1v) is 8.57. The average Bonchev–Trinajstić information content (AvgIpc) is 2.57. The van der Waals surface area contributed by atoms with E-state index in [2.05, 4.69) is 0 Å². The molecule has 0 aliphatic rings. The SMILES string of the molecule is CCC/C=C(\[O-])CN(CCN(C(C)C(=O)O)C(C)C(=O)O)C(C)C(=O)O.[Na+]. The molecular formula is C17H29N2NaO7. The molecule has 10 heteroatoms. The van der Waals surface area contributed by atoms with Crippen molar-refractivity contribution in [2.75, 3.05) is 19.6 Å². The monoisotopic (exact) mass is 396 g/mol. The summed E-state index contributed by atoms with van der Waals surface area (Å²) in [4.78, 5) is 36.5. The summed E-state index contributed by atoms with van der Waals surface area (Å²) in [5.41, 5.74) is 0. The van der Waals surface area contributed by atoms with Crippen LogP contribution in [0.15, 0.2) is 11.8 Å². The van der Waals surface area contributed by atoms with Crippen LogP contribution < -0.4 is 34.7 Å². The molecule has 0 spiro atoms. The smallest absolute Gasteiger partial charge is 0.875 e. The molecule has 0 heterocycles.